The number of carboxylic acids is 1. The van der Waals surface area contributed by atoms with Gasteiger partial charge in [0.2, 0.25) is 5.91 Å². The van der Waals surface area contributed by atoms with Crippen molar-refractivity contribution in [3.63, 3.8) is 0 Å². The monoisotopic (exact) mass is 297 g/mol. The maximum Gasteiger partial charge on any atom is 0.303 e. The van der Waals surface area contributed by atoms with E-state index in [-0.39, 0.29) is 23.8 Å². The van der Waals surface area contributed by atoms with Crippen LogP contribution in [-0.2, 0) is 9.59 Å². The van der Waals surface area contributed by atoms with Crippen molar-refractivity contribution in [3.8, 4) is 5.75 Å². The number of carboxylic acid groups (broad SMARTS) is 1. The van der Waals surface area contributed by atoms with E-state index >= 15 is 0 Å². The quantitative estimate of drug-likeness (QED) is 0.672. The molecule has 0 unspecified atom stereocenters. The van der Waals surface area contributed by atoms with E-state index in [1.807, 2.05) is 0 Å². The molecule has 0 bridgehead atoms. The van der Waals surface area contributed by atoms with Gasteiger partial charge in [-0.2, -0.15) is 0 Å². The second kappa shape index (κ2) is 7.19. The number of phenolic OH excluding ortho intramolecular Hbond substituents is 1. The number of carbonyl (C=O) groups is 2. The Hall–Kier alpha value is -1.69. The molecule has 0 atom stereocenters. The molecule has 0 aliphatic heterocycles. The summed E-state index contributed by atoms with van der Waals surface area (Å²) >= 11 is 1.36. The van der Waals surface area contributed by atoms with Gasteiger partial charge in [0.05, 0.1) is 5.75 Å². The lowest BCUT2D eigenvalue weighted by Gasteiger charge is -2.25. The minimum Gasteiger partial charge on any atom is -0.508 e. The minimum absolute atomic E-state index is 0.0262. The summed E-state index contributed by atoms with van der Waals surface area (Å²) in [6.45, 7) is 3.61. The van der Waals surface area contributed by atoms with Crippen LogP contribution in [0.2, 0.25) is 0 Å². The van der Waals surface area contributed by atoms with Crippen LogP contribution in [0, 0.1) is 0 Å². The lowest BCUT2D eigenvalue weighted by atomic mass is 9.98. The summed E-state index contributed by atoms with van der Waals surface area (Å²) in [6.07, 6.45) is 0.413. The molecule has 1 aromatic rings. The van der Waals surface area contributed by atoms with Crippen LogP contribution >= 0.6 is 11.8 Å². The first-order valence-corrected chi connectivity index (χ1v) is 7.22. The van der Waals surface area contributed by atoms with Gasteiger partial charge in [-0.3, -0.25) is 9.59 Å². The fourth-order valence-corrected chi connectivity index (χ4v) is 2.29. The number of benzene rings is 1. The van der Waals surface area contributed by atoms with Crippen LogP contribution in [0.4, 0.5) is 0 Å². The highest BCUT2D eigenvalue weighted by atomic mass is 32.2. The van der Waals surface area contributed by atoms with Crippen molar-refractivity contribution in [1.29, 1.82) is 0 Å². The molecule has 0 saturated heterocycles. The SMILES string of the molecule is CC(C)(CCC(=O)O)NC(=O)CSc1ccc(O)cc1. The van der Waals surface area contributed by atoms with Gasteiger partial charge in [0, 0.05) is 16.9 Å². The van der Waals surface area contributed by atoms with Gasteiger partial charge in [0.25, 0.3) is 0 Å². The van der Waals surface area contributed by atoms with E-state index in [9.17, 15) is 9.59 Å². The van der Waals surface area contributed by atoms with Crippen molar-refractivity contribution in [3.05, 3.63) is 24.3 Å². The van der Waals surface area contributed by atoms with Crippen molar-refractivity contribution in [2.24, 2.45) is 0 Å². The number of aromatic hydroxyl groups is 1. The largest absolute Gasteiger partial charge is 0.508 e. The number of rotatable bonds is 7. The second-order valence-electron chi connectivity index (χ2n) is 5.11. The molecule has 1 amide bonds. The van der Waals surface area contributed by atoms with Crippen LogP contribution in [0.25, 0.3) is 0 Å². The summed E-state index contributed by atoms with van der Waals surface area (Å²) < 4.78 is 0. The molecule has 0 aliphatic carbocycles. The van der Waals surface area contributed by atoms with E-state index in [0.29, 0.717) is 6.42 Å². The lowest BCUT2D eigenvalue weighted by molar-refractivity contribution is -0.137. The number of amides is 1. The zero-order valence-corrected chi connectivity index (χ0v) is 12.4. The van der Waals surface area contributed by atoms with E-state index in [1.54, 1.807) is 38.1 Å². The summed E-state index contributed by atoms with van der Waals surface area (Å²) in [5, 5.41) is 20.6. The highest BCUT2D eigenvalue weighted by Gasteiger charge is 2.21. The summed E-state index contributed by atoms with van der Waals surface area (Å²) in [7, 11) is 0. The number of nitrogens with one attached hydrogen (secondary N) is 1. The predicted octanol–water partition coefficient (Wildman–Crippen LogP) is 2.24. The predicted molar refractivity (Wildman–Crippen MR) is 77.9 cm³/mol. The highest BCUT2D eigenvalue weighted by molar-refractivity contribution is 8.00. The first kappa shape index (κ1) is 16.4. The summed E-state index contributed by atoms with van der Waals surface area (Å²) in [5.74, 6) is -0.570. The first-order chi connectivity index (χ1) is 9.28. The maximum absolute atomic E-state index is 11.8. The Morgan fingerprint density at radius 2 is 1.85 bits per heavy atom. The van der Waals surface area contributed by atoms with Crippen molar-refractivity contribution < 1.29 is 19.8 Å². The number of carbonyl (C=O) groups excluding carboxylic acids is 1. The van der Waals surface area contributed by atoms with E-state index in [2.05, 4.69) is 5.32 Å². The molecule has 1 aromatic carbocycles. The van der Waals surface area contributed by atoms with Gasteiger partial charge in [-0.1, -0.05) is 0 Å². The molecule has 0 aliphatic rings. The van der Waals surface area contributed by atoms with Gasteiger partial charge in [-0.25, -0.2) is 0 Å². The van der Waals surface area contributed by atoms with Crippen LogP contribution in [0.15, 0.2) is 29.2 Å². The van der Waals surface area contributed by atoms with Crippen LogP contribution in [0.1, 0.15) is 26.7 Å². The van der Waals surface area contributed by atoms with E-state index in [1.165, 1.54) is 11.8 Å². The molecule has 0 saturated carbocycles. The van der Waals surface area contributed by atoms with E-state index < -0.39 is 11.5 Å². The Balaban J connectivity index is 2.39. The summed E-state index contributed by atoms with van der Waals surface area (Å²) in [6, 6.07) is 6.61. The van der Waals surface area contributed by atoms with Crippen LogP contribution in [0.5, 0.6) is 5.75 Å². The van der Waals surface area contributed by atoms with Gasteiger partial charge in [0.15, 0.2) is 0 Å². The molecular formula is C14H19NO4S. The molecule has 110 valence electrons. The van der Waals surface area contributed by atoms with Crippen molar-refractivity contribution >= 4 is 23.6 Å². The standard InChI is InChI=1S/C14H19NO4S/c1-14(2,8-7-13(18)19)15-12(17)9-20-11-5-3-10(16)4-6-11/h3-6,16H,7-9H2,1-2H3,(H,15,17)(H,18,19). The average Bonchev–Trinajstić information content (AvgIpc) is 2.35. The van der Waals surface area contributed by atoms with Crippen molar-refractivity contribution in [1.82, 2.24) is 5.32 Å². The Bertz CT molecular complexity index is 471. The van der Waals surface area contributed by atoms with Gasteiger partial charge < -0.3 is 15.5 Å². The number of aliphatic carboxylic acids is 1. The van der Waals surface area contributed by atoms with Crippen LogP contribution in [0.3, 0.4) is 0 Å². The first-order valence-electron chi connectivity index (χ1n) is 6.23. The molecule has 5 nitrogen and oxygen atoms in total. The lowest BCUT2D eigenvalue weighted by Crippen LogP contribution is -2.44. The molecule has 0 spiro atoms. The van der Waals surface area contributed by atoms with Gasteiger partial charge in [-0.15, -0.1) is 11.8 Å². The van der Waals surface area contributed by atoms with Crippen LogP contribution in [-0.4, -0.2) is 33.4 Å². The molecule has 0 heterocycles. The zero-order valence-electron chi connectivity index (χ0n) is 11.5. The van der Waals surface area contributed by atoms with Gasteiger partial charge in [-0.05, 0) is 44.5 Å². The molecule has 3 N–H and O–H groups in total. The summed E-state index contributed by atoms with van der Waals surface area (Å²) in [4.78, 5) is 23.2. The van der Waals surface area contributed by atoms with Crippen LogP contribution < -0.4 is 5.32 Å². The molecule has 20 heavy (non-hydrogen) atoms. The average molecular weight is 297 g/mol. The minimum atomic E-state index is -0.870. The van der Waals surface area contributed by atoms with Gasteiger partial charge in [0.1, 0.15) is 5.75 Å². The number of hydrogen-bond acceptors (Lipinski definition) is 4. The second-order valence-corrected chi connectivity index (χ2v) is 6.16. The molecule has 0 radical (unpaired) electrons. The Morgan fingerprint density at radius 1 is 1.25 bits per heavy atom. The molecule has 0 fully saturated rings. The Labute approximate surface area is 122 Å². The third kappa shape index (κ3) is 6.47. The molecule has 1 rings (SSSR count). The van der Waals surface area contributed by atoms with E-state index in [4.69, 9.17) is 10.2 Å². The van der Waals surface area contributed by atoms with Crippen molar-refractivity contribution in [2.75, 3.05) is 5.75 Å². The number of phenols is 1. The van der Waals surface area contributed by atoms with E-state index in [0.717, 1.165) is 4.90 Å². The van der Waals surface area contributed by atoms with Gasteiger partial charge >= 0.3 is 5.97 Å². The third-order valence-corrected chi connectivity index (χ3v) is 3.66. The molecule has 0 aromatic heterocycles. The third-order valence-electron chi connectivity index (χ3n) is 2.65. The normalized spacial score (nSPS) is 11.1. The number of hydrogen-bond donors (Lipinski definition) is 3. The fourth-order valence-electron chi connectivity index (χ4n) is 1.59. The smallest absolute Gasteiger partial charge is 0.303 e. The summed E-state index contributed by atoms with van der Waals surface area (Å²) in [5.41, 5.74) is -0.537. The maximum atomic E-state index is 11.8. The fraction of sp³-hybridized carbons (Fsp3) is 0.429. The molecular weight excluding hydrogens is 278 g/mol. The highest BCUT2D eigenvalue weighted by Crippen LogP contribution is 2.21. The van der Waals surface area contributed by atoms with Crippen molar-refractivity contribution in [2.45, 2.75) is 37.1 Å². The topological polar surface area (TPSA) is 86.6 Å². The Kier molecular flexibility index (Phi) is 5.88. The molecule has 6 heteroatoms. The Morgan fingerprint density at radius 3 is 2.40 bits per heavy atom. The zero-order chi connectivity index (χ0) is 15.2. The number of thioether (sulfide) groups is 1.